The van der Waals surface area contributed by atoms with Gasteiger partial charge in [-0.15, -0.1) is 0 Å². The molecule has 3 N–H and O–H groups in total. The highest BCUT2D eigenvalue weighted by atomic mass is 35.5. The first-order chi connectivity index (χ1) is 16.9. The van der Waals surface area contributed by atoms with Gasteiger partial charge in [0.2, 0.25) is 0 Å². The van der Waals surface area contributed by atoms with Gasteiger partial charge in [0.05, 0.1) is 13.2 Å². The summed E-state index contributed by atoms with van der Waals surface area (Å²) in [5.41, 5.74) is -4.15. The summed E-state index contributed by atoms with van der Waals surface area (Å²) < 4.78 is 51.1. The Bertz CT molecular complexity index is 1240. The Labute approximate surface area is 209 Å². The molecule has 0 saturated carbocycles. The highest BCUT2D eigenvalue weighted by molar-refractivity contribution is 7.52. The Balaban J connectivity index is 1.81. The van der Waals surface area contributed by atoms with Crippen molar-refractivity contribution in [2.45, 2.75) is 50.9 Å². The Hall–Kier alpha value is -2.54. The lowest BCUT2D eigenvalue weighted by molar-refractivity contribution is -0.144. The number of hydrogen-bond acceptors (Lipinski definition) is 9. The fraction of sp³-hybridized carbons (Fsp3) is 0.476. The van der Waals surface area contributed by atoms with Crippen LogP contribution in [-0.4, -0.2) is 57.8 Å². The van der Waals surface area contributed by atoms with Gasteiger partial charge in [-0.1, -0.05) is 11.6 Å². The van der Waals surface area contributed by atoms with Crippen molar-refractivity contribution in [1.29, 1.82) is 0 Å². The van der Waals surface area contributed by atoms with Gasteiger partial charge in [0.15, 0.2) is 11.9 Å². The van der Waals surface area contributed by atoms with Crippen LogP contribution in [-0.2, 0) is 23.4 Å². The average Bonchev–Trinajstić information content (AvgIpc) is 3.03. The molecule has 1 fully saturated rings. The SMILES string of the molecule is CCOC(=O)[C@H](C)NP(=O)(OC[C@H]1O[C@@H](n2ccc(=O)[nH]c2=O)[C@](C)(F)[C@@H]1O)Oc1ccc(Cl)cc1. The van der Waals surface area contributed by atoms with E-state index in [9.17, 15) is 24.1 Å². The normalized spacial score (nSPS) is 26.2. The van der Waals surface area contributed by atoms with E-state index in [1.807, 2.05) is 4.98 Å². The van der Waals surface area contributed by atoms with Crippen LogP contribution < -0.4 is 20.9 Å². The molecule has 0 spiro atoms. The van der Waals surface area contributed by atoms with E-state index in [2.05, 4.69) is 5.09 Å². The number of aromatic amines is 1. The monoisotopic (exact) mass is 549 g/mol. The van der Waals surface area contributed by atoms with Crippen LogP contribution in [0.4, 0.5) is 4.39 Å². The minimum absolute atomic E-state index is 0.0761. The van der Waals surface area contributed by atoms with Gasteiger partial charge in [-0.3, -0.25) is 23.7 Å². The van der Waals surface area contributed by atoms with Crippen LogP contribution in [0.1, 0.15) is 27.0 Å². The highest BCUT2D eigenvalue weighted by Crippen LogP contribution is 2.47. The van der Waals surface area contributed by atoms with Gasteiger partial charge in [-0.25, -0.2) is 13.8 Å². The molecule has 2 aromatic rings. The number of alkyl halides is 1. The van der Waals surface area contributed by atoms with Gasteiger partial charge < -0.3 is 19.1 Å². The quantitative estimate of drug-likeness (QED) is 0.295. The second-order valence-corrected chi connectivity index (χ2v) is 10.2. The molecular weight excluding hydrogens is 524 g/mol. The summed E-state index contributed by atoms with van der Waals surface area (Å²) in [4.78, 5) is 37.5. The molecule has 1 aromatic heterocycles. The molecule has 2 heterocycles. The third kappa shape index (κ3) is 6.41. The van der Waals surface area contributed by atoms with Gasteiger partial charge in [0, 0.05) is 17.3 Å². The van der Waals surface area contributed by atoms with E-state index in [-0.39, 0.29) is 12.4 Å². The first-order valence-electron chi connectivity index (χ1n) is 10.8. The summed E-state index contributed by atoms with van der Waals surface area (Å²) in [5, 5.41) is 13.4. The molecule has 198 valence electrons. The first kappa shape index (κ1) is 28.0. The molecule has 1 unspecified atom stereocenters. The Morgan fingerprint density at radius 1 is 1.36 bits per heavy atom. The summed E-state index contributed by atoms with van der Waals surface area (Å²) in [6, 6.07) is 5.63. The summed E-state index contributed by atoms with van der Waals surface area (Å²) >= 11 is 5.86. The Kier molecular flexibility index (Phi) is 8.75. The number of rotatable bonds is 10. The minimum atomic E-state index is -4.34. The number of carbonyl (C=O) groups excluding carboxylic acids is 1. The van der Waals surface area contributed by atoms with E-state index in [0.29, 0.717) is 5.02 Å². The lowest BCUT2D eigenvalue weighted by Gasteiger charge is -2.25. The number of aliphatic hydroxyl groups excluding tert-OH is 1. The fourth-order valence-electron chi connectivity index (χ4n) is 3.42. The van der Waals surface area contributed by atoms with E-state index in [1.54, 1.807) is 6.92 Å². The van der Waals surface area contributed by atoms with Crippen molar-refractivity contribution in [2.75, 3.05) is 13.2 Å². The molecule has 15 heteroatoms. The predicted octanol–water partition coefficient (Wildman–Crippen LogP) is 1.92. The maximum Gasteiger partial charge on any atom is 0.459 e. The number of nitrogens with zero attached hydrogens (tertiary/aromatic N) is 1. The van der Waals surface area contributed by atoms with Crippen LogP contribution in [0.3, 0.4) is 0 Å². The number of carbonyl (C=O) groups is 1. The van der Waals surface area contributed by atoms with Gasteiger partial charge in [-0.2, -0.15) is 5.09 Å². The van der Waals surface area contributed by atoms with Gasteiger partial charge >= 0.3 is 19.4 Å². The van der Waals surface area contributed by atoms with E-state index in [4.69, 9.17) is 30.1 Å². The van der Waals surface area contributed by atoms with Crippen molar-refractivity contribution in [3.63, 3.8) is 0 Å². The number of aliphatic hydroxyl groups is 1. The minimum Gasteiger partial charge on any atom is -0.465 e. The maximum absolute atomic E-state index is 15.4. The van der Waals surface area contributed by atoms with Crippen LogP contribution >= 0.6 is 19.3 Å². The van der Waals surface area contributed by atoms with Crippen molar-refractivity contribution < 1.29 is 37.4 Å². The molecule has 0 bridgehead atoms. The molecule has 12 nitrogen and oxygen atoms in total. The topological polar surface area (TPSA) is 158 Å². The average molecular weight is 550 g/mol. The molecular formula is C21H26ClFN3O9P. The molecule has 0 aliphatic carbocycles. The van der Waals surface area contributed by atoms with E-state index >= 15 is 4.39 Å². The fourth-order valence-corrected chi connectivity index (χ4v) is 5.04. The third-order valence-corrected chi connectivity index (χ3v) is 7.16. The second kappa shape index (κ2) is 11.2. The number of nitrogens with one attached hydrogen (secondary N) is 2. The summed E-state index contributed by atoms with van der Waals surface area (Å²) in [6.45, 7) is 3.39. The number of ether oxygens (including phenoxy) is 2. The van der Waals surface area contributed by atoms with E-state index in [1.165, 1.54) is 31.2 Å². The molecule has 36 heavy (non-hydrogen) atoms. The highest BCUT2D eigenvalue weighted by Gasteiger charge is 2.55. The zero-order valence-corrected chi connectivity index (χ0v) is 21.2. The summed E-state index contributed by atoms with van der Waals surface area (Å²) in [7, 11) is -4.34. The first-order valence-corrected chi connectivity index (χ1v) is 12.8. The van der Waals surface area contributed by atoms with Crippen molar-refractivity contribution in [1.82, 2.24) is 14.6 Å². The summed E-state index contributed by atoms with van der Waals surface area (Å²) in [6.07, 6.45) is -3.84. The molecule has 1 aromatic carbocycles. The van der Waals surface area contributed by atoms with E-state index < -0.39 is 61.7 Å². The van der Waals surface area contributed by atoms with Crippen molar-refractivity contribution in [3.8, 4) is 5.75 Å². The van der Waals surface area contributed by atoms with Crippen molar-refractivity contribution >= 4 is 25.3 Å². The predicted molar refractivity (Wildman–Crippen MR) is 126 cm³/mol. The Morgan fingerprint density at radius 3 is 2.64 bits per heavy atom. The van der Waals surface area contributed by atoms with Crippen LogP contribution in [0, 0.1) is 0 Å². The molecule has 0 amide bonds. The smallest absolute Gasteiger partial charge is 0.459 e. The molecule has 0 radical (unpaired) electrons. The van der Waals surface area contributed by atoms with Crippen molar-refractivity contribution in [3.05, 3.63) is 62.4 Å². The molecule has 1 aliphatic rings. The largest absolute Gasteiger partial charge is 0.465 e. The number of esters is 1. The van der Waals surface area contributed by atoms with Crippen molar-refractivity contribution in [2.24, 2.45) is 0 Å². The second-order valence-electron chi connectivity index (χ2n) is 8.08. The standard InChI is InChI=1S/C21H26ClFN3O9P/c1-4-32-18(29)12(2)25-36(31,35-14-7-5-13(22)6-8-14)33-11-15-17(28)21(3,23)19(34-15)26-10-9-16(27)24-20(26)30/h5-10,12,15,17,19,28H,4,11H2,1-3H3,(H,25,31)(H,24,27,30)/t12-,15+,17+,19+,21+,36?/m0/s1. The van der Waals surface area contributed by atoms with Crippen LogP contribution in [0.15, 0.2) is 46.1 Å². The maximum atomic E-state index is 15.4. The number of benzene rings is 1. The van der Waals surface area contributed by atoms with Crippen LogP contribution in [0.25, 0.3) is 0 Å². The van der Waals surface area contributed by atoms with Crippen LogP contribution in [0.5, 0.6) is 5.75 Å². The lowest BCUT2D eigenvalue weighted by atomic mass is 9.98. The van der Waals surface area contributed by atoms with Gasteiger partial charge in [0.25, 0.3) is 5.56 Å². The van der Waals surface area contributed by atoms with Gasteiger partial charge in [0.1, 0.15) is 24.0 Å². The number of hydrogen-bond donors (Lipinski definition) is 3. The number of halogens is 2. The third-order valence-electron chi connectivity index (χ3n) is 5.26. The van der Waals surface area contributed by atoms with Gasteiger partial charge in [-0.05, 0) is 45.0 Å². The Morgan fingerprint density at radius 2 is 2.03 bits per heavy atom. The summed E-state index contributed by atoms with van der Waals surface area (Å²) in [5.74, 6) is -0.654. The lowest BCUT2D eigenvalue weighted by Crippen LogP contribution is -2.43. The van der Waals surface area contributed by atoms with E-state index in [0.717, 1.165) is 23.8 Å². The molecule has 3 rings (SSSR count). The molecule has 1 saturated heterocycles. The zero-order chi connectivity index (χ0) is 26.7. The molecule has 6 atom stereocenters. The van der Waals surface area contributed by atoms with Crippen LogP contribution in [0.2, 0.25) is 5.02 Å². The number of aromatic nitrogens is 2. The number of H-pyrrole nitrogens is 1. The zero-order valence-electron chi connectivity index (χ0n) is 19.6. The molecule has 1 aliphatic heterocycles.